The van der Waals surface area contributed by atoms with Crippen molar-refractivity contribution in [1.29, 1.82) is 0 Å². The van der Waals surface area contributed by atoms with Crippen molar-refractivity contribution in [3.8, 4) is 11.5 Å². The van der Waals surface area contributed by atoms with Crippen molar-refractivity contribution >= 4 is 23.4 Å². The molecule has 0 aliphatic rings. The molecule has 148 valence electrons. The number of methoxy groups -OCH3 is 1. The Balaban J connectivity index is 1.72. The van der Waals surface area contributed by atoms with E-state index in [1.54, 1.807) is 18.9 Å². The summed E-state index contributed by atoms with van der Waals surface area (Å²) in [5, 5.41) is 10.4. The lowest BCUT2D eigenvalue weighted by molar-refractivity contribution is 0.210. The van der Waals surface area contributed by atoms with Gasteiger partial charge in [0.1, 0.15) is 11.5 Å². The highest BCUT2D eigenvalue weighted by Crippen LogP contribution is 2.28. The Labute approximate surface area is 175 Å². The van der Waals surface area contributed by atoms with Gasteiger partial charge in [0, 0.05) is 17.3 Å². The van der Waals surface area contributed by atoms with Crippen LogP contribution in [0.3, 0.4) is 0 Å². The van der Waals surface area contributed by atoms with E-state index in [9.17, 15) is 0 Å². The zero-order chi connectivity index (χ0) is 20.1. The van der Waals surface area contributed by atoms with Gasteiger partial charge in [-0.1, -0.05) is 35.5 Å². The molecule has 2 aromatic carbocycles. The number of rotatable bonds is 8. The highest BCUT2D eigenvalue weighted by atomic mass is 35.5. The number of hydrogen-bond acceptors (Lipinski definition) is 5. The van der Waals surface area contributed by atoms with Crippen molar-refractivity contribution in [2.24, 2.45) is 0 Å². The van der Waals surface area contributed by atoms with Gasteiger partial charge in [-0.05, 0) is 62.2 Å². The molecule has 1 atom stereocenters. The summed E-state index contributed by atoms with van der Waals surface area (Å²) >= 11 is 7.75. The lowest BCUT2D eigenvalue weighted by Crippen LogP contribution is -2.12. The molecule has 7 heteroatoms. The molecule has 0 saturated heterocycles. The van der Waals surface area contributed by atoms with Gasteiger partial charge >= 0.3 is 0 Å². The van der Waals surface area contributed by atoms with Crippen LogP contribution < -0.4 is 9.47 Å². The number of halogens is 1. The second kappa shape index (κ2) is 9.34. The maximum atomic E-state index is 6.10. The standard InChI is InChI=1S/C21H24ClN3O2S/c1-5-25-20(15(3)27-18-9-10-19(22)14(2)11-18)23-24-21(25)28-13-16-7-6-8-17(12-16)26-4/h6-12,15H,5,13H2,1-4H3. The molecule has 0 spiro atoms. The van der Waals surface area contributed by atoms with Crippen molar-refractivity contribution in [2.75, 3.05) is 7.11 Å². The maximum absolute atomic E-state index is 6.10. The second-order valence-electron chi connectivity index (χ2n) is 6.40. The van der Waals surface area contributed by atoms with Crippen molar-refractivity contribution in [3.05, 3.63) is 64.4 Å². The molecule has 1 unspecified atom stereocenters. The van der Waals surface area contributed by atoms with E-state index in [0.29, 0.717) is 0 Å². The number of hydrogen-bond donors (Lipinski definition) is 0. The van der Waals surface area contributed by atoms with Crippen LogP contribution in [0.2, 0.25) is 5.02 Å². The predicted octanol–water partition coefficient (Wildman–Crippen LogP) is 5.70. The van der Waals surface area contributed by atoms with Gasteiger partial charge in [-0.15, -0.1) is 10.2 Å². The Hall–Kier alpha value is -2.18. The molecule has 0 bridgehead atoms. The van der Waals surface area contributed by atoms with E-state index in [1.807, 2.05) is 50.2 Å². The summed E-state index contributed by atoms with van der Waals surface area (Å²) in [5.74, 6) is 3.23. The predicted molar refractivity (Wildman–Crippen MR) is 113 cm³/mol. The molecule has 0 amide bonds. The third-order valence-corrected chi connectivity index (χ3v) is 5.83. The van der Waals surface area contributed by atoms with E-state index >= 15 is 0 Å². The summed E-state index contributed by atoms with van der Waals surface area (Å²) in [6, 6.07) is 13.7. The van der Waals surface area contributed by atoms with Crippen LogP contribution in [0.25, 0.3) is 0 Å². The Morgan fingerprint density at radius 2 is 1.96 bits per heavy atom. The van der Waals surface area contributed by atoms with Crippen LogP contribution in [-0.2, 0) is 12.3 Å². The van der Waals surface area contributed by atoms with Gasteiger partial charge in [0.2, 0.25) is 0 Å². The summed E-state index contributed by atoms with van der Waals surface area (Å²) < 4.78 is 13.5. The topological polar surface area (TPSA) is 49.2 Å². The molecule has 1 heterocycles. The van der Waals surface area contributed by atoms with Crippen LogP contribution in [0.15, 0.2) is 47.6 Å². The summed E-state index contributed by atoms with van der Waals surface area (Å²) in [6.07, 6.45) is -0.223. The van der Waals surface area contributed by atoms with E-state index in [1.165, 1.54) is 5.56 Å². The van der Waals surface area contributed by atoms with Gasteiger partial charge in [-0.2, -0.15) is 0 Å². The van der Waals surface area contributed by atoms with Gasteiger partial charge in [0.25, 0.3) is 0 Å². The van der Waals surface area contributed by atoms with Crippen LogP contribution in [0.1, 0.15) is 36.9 Å². The van der Waals surface area contributed by atoms with E-state index < -0.39 is 0 Å². The zero-order valence-corrected chi connectivity index (χ0v) is 18.0. The van der Waals surface area contributed by atoms with E-state index in [4.69, 9.17) is 21.1 Å². The summed E-state index contributed by atoms with van der Waals surface area (Å²) in [6.45, 7) is 6.80. The van der Waals surface area contributed by atoms with Crippen LogP contribution in [0, 0.1) is 6.92 Å². The summed E-state index contributed by atoms with van der Waals surface area (Å²) in [4.78, 5) is 0. The number of benzene rings is 2. The van der Waals surface area contributed by atoms with Crippen LogP contribution in [0.4, 0.5) is 0 Å². The maximum Gasteiger partial charge on any atom is 0.191 e. The second-order valence-corrected chi connectivity index (χ2v) is 7.75. The van der Waals surface area contributed by atoms with Crippen molar-refractivity contribution in [1.82, 2.24) is 14.8 Å². The quantitative estimate of drug-likeness (QED) is 0.440. The van der Waals surface area contributed by atoms with Crippen molar-refractivity contribution < 1.29 is 9.47 Å². The minimum absolute atomic E-state index is 0.223. The number of thioether (sulfide) groups is 1. The Bertz CT molecular complexity index is 945. The molecule has 0 aliphatic carbocycles. The molecular formula is C21H24ClN3O2S. The molecule has 0 radical (unpaired) electrons. The molecule has 0 fully saturated rings. The zero-order valence-electron chi connectivity index (χ0n) is 16.5. The first-order valence-electron chi connectivity index (χ1n) is 9.13. The van der Waals surface area contributed by atoms with Gasteiger partial charge in [0.05, 0.1) is 7.11 Å². The first-order chi connectivity index (χ1) is 13.5. The molecule has 0 saturated carbocycles. The third kappa shape index (κ3) is 4.80. The fraction of sp³-hybridized carbons (Fsp3) is 0.333. The molecule has 5 nitrogen and oxygen atoms in total. The smallest absolute Gasteiger partial charge is 0.191 e. The molecule has 0 N–H and O–H groups in total. The van der Waals surface area contributed by atoms with Crippen molar-refractivity contribution in [3.63, 3.8) is 0 Å². The molecule has 1 aromatic heterocycles. The number of ether oxygens (including phenoxy) is 2. The van der Waals surface area contributed by atoms with Crippen LogP contribution >= 0.6 is 23.4 Å². The molecule has 3 rings (SSSR count). The SMILES string of the molecule is CCn1c(SCc2cccc(OC)c2)nnc1C(C)Oc1ccc(Cl)c(C)c1. The van der Waals surface area contributed by atoms with E-state index in [2.05, 4.69) is 27.8 Å². The summed E-state index contributed by atoms with van der Waals surface area (Å²) in [7, 11) is 1.68. The van der Waals surface area contributed by atoms with Gasteiger partial charge in [0.15, 0.2) is 17.1 Å². The first kappa shape index (κ1) is 20.6. The van der Waals surface area contributed by atoms with Crippen molar-refractivity contribution in [2.45, 2.75) is 44.3 Å². The molecular weight excluding hydrogens is 394 g/mol. The van der Waals surface area contributed by atoms with Gasteiger partial charge in [-0.25, -0.2) is 0 Å². The Kier molecular flexibility index (Phi) is 6.86. The number of aryl methyl sites for hydroxylation is 1. The molecule has 3 aromatic rings. The Morgan fingerprint density at radius 3 is 2.68 bits per heavy atom. The van der Waals surface area contributed by atoms with Crippen LogP contribution in [-0.4, -0.2) is 21.9 Å². The summed E-state index contributed by atoms with van der Waals surface area (Å²) in [5.41, 5.74) is 2.16. The van der Waals surface area contributed by atoms with Crippen LogP contribution in [0.5, 0.6) is 11.5 Å². The Morgan fingerprint density at radius 1 is 1.14 bits per heavy atom. The van der Waals surface area contributed by atoms with E-state index in [-0.39, 0.29) is 6.10 Å². The average Bonchev–Trinajstić information content (AvgIpc) is 3.12. The minimum Gasteiger partial charge on any atom is -0.497 e. The average molecular weight is 418 g/mol. The number of nitrogens with zero attached hydrogens (tertiary/aromatic N) is 3. The fourth-order valence-corrected chi connectivity index (χ4v) is 3.93. The third-order valence-electron chi connectivity index (χ3n) is 4.37. The lowest BCUT2D eigenvalue weighted by atomic mass is 10.2. The lowest BCUT2D eigenvalue weighted by Gasteiger charge is -2.16. The van der Waals surface area contributed by atoms with Gasteiger partial charge < -0.3 is 14.0 Å². The highest BCUT2D eigenvalue weighted by molar-refractivity contribution is 7.98. The van der Waals surface area contributed by atoms with E-state index in [0.717, 1.165) is 45.4 Å². The molecule has 0 aliphatic heterocycles. The monoisotopic (exact) mass is 417 g/mol. The minimum atomic E-state index is -0.223. The molecule has 28 heavy (non-hydrogen) atoms. The number of aromatic nitrogens is 3. The first-order valence-corrected chi connectivity index (χ1v) is 10.5. The highest BCUT2D eigenvalue weighted by Gasteiger charge is 2.19. The normalized spacial score (nSPS) is 12.0. The fourth-order valence-electron chi connectivity index (χ4n) is 2.86. The largest absolute Gasteiger partial charge is 0.497 e. The van der Waals surface area contributed by atoms with Gasteiger partial charge in [-0.3, -0.25) is 0 Å².